The molecule has 1 unspecified atom stereocenters. The quantitative estimate of drug-likeness (QED) is 0.757. The van der Waals surface area contributed by atoms with Gasteiger partial charge >= 0.3 is 0 Å². The highest BCUT2D eigenvalue weighted by atomic mass is 15.0. The summed E-state index contributed by atoms with van der Waals surface area (Å²) in [6.07, 6.45) is 6.11. The fourth-order valence-corrected chi connectivity index (χ4v) is 2.09. The highest BCUT2D eigenvalue weighted by Gasteiger charge is 2.07. The number of aryl methyl sites for hydroxylation is 2. The minimum Gasteiger partial charge on any atom is -0.370 e. The normalized spacial score (nSPS) is 12.4. The summed E-state index contributed by atoms with van der Waals surface area (Å²) in [6, 6.07) is 2.07. The van der Waals surface area contributed by atoms with Crippen molar-refractivity contribution in [3.8, 4) is 0 Å². The zero-order valence-electron chi connectivity index (χ0n) is 12.3. The molecule has 3 nitrogen and oxygen atoms in total. The number of nitrogens with zero attached hydrogens (tertiary/aromatic N) is 2. The van der Waals surface area contributed by atoms with Gasteiger partial charge in [-0.3, -0.25) is 0 Å². The van der Waals surface area contributed by atoms with Crippen LogP contribution in [-0.2, 0) is 6.42 Å². The maximum absolute atomic E-state index is 4.45. The van der Waals surface area contributed by atoms with Crippen molar-refractivity contribution in [1.82, 2.24) is 9.97 Å². The topological polar surface area (TPSA) is 37.8 Å². The van der Waals surface area contributed by atoms with E-state index < -0.39 is 0 Å². The van der Waals surface area contributed by atoms with Crippen molar-refractivity contribution in [1.29, 1.82) is 0 Å². The number of hydrogen-bond acceptors (Lipinski definition) is 3. The van der Waals surface area contributed by atoms with Gasteiger partial charge in [0.1, 0.15) is 11.6 Å². The van der Waals surface area contributed by atoms with Crippen molar-refractivity contribution in [2.75, 3.05) is 11.9 Å². The Morgan fingerprint density at radius 3 is 2.61 bits per heavy atom. The van der Waals surface area contributed by atoms with E-state index in [1.165, 1.54) is 25.7 Å². The van der Waals surface area contributed by atoms with Gasteiger partial charge in [0.15, 0.2) is 0 Å². The maximum Gasteiger partial charge on any atom is 0.129 e. The third-order valence-corrected chi connectivity index (χ3v) is 3.37. The maximum atomic E-state index is 4.45. The molecule has 0 amide bonds. The van der Waals surface area contributed by atoms with E-state index in [1.807, 2.05) is 6.92 Å². The van der Waals surface area contributed by atoms with Gasteiger partial charge < -0.3 is 5.32 Å². The van der Waals surface area contributed by atoms with Gasteiger partial charge in [-0.15, -0.1) is 0 Å². The van der Waals surface area contributed by atoms with Crippen molar-refractivity contribution >= 4 is 5.82 Å². The molecule has 0 aromatic carbocycles. The van der Waals surface area contributed by atoms with Gasteiger partial charge in [0, 0.05) is 18.3 Å². The van der Waals surface area contributed by atoms with Crippen LogP contribution in [0.15, 0.2) is 6.07 Å². The Morgan fingerprint density at radius 1 is 1.22 bits per heavy atom. The average Bonchev–Trinajstić information content (AvgIpc) is 2.38. The molecule has 1 rings (SSSR count). The molecule has 3 heteroatoms. The summed E-state index contributed by atoms with van der Waals surface area (Å²) in [6.45, 7) is 9.63. The summed E-state index contributed by atoms with van der Waals surface area (Å²) in [5.41, 5.74) is 1.12. The number of aromatic nitrogens is 2. The van der Waals surface area contributed by atoms with Gasteiger partial charge in [-0.2, -0.15) is 0 Å². The van der Waals surface area contributed by atoms with Crippen molar-refractivity contribution in [2.24, 2.45) is 5.92 Å². The van der Waals surface area contributed by atoms with Crippen LogP contribution in [0.25, 0.3) is 0 Å². The van der Waals surface area contributed by atoms with Crippen molar-refractivity contribution in [2.45, 2.75) is 59.8 Å². The molecule has 0 bridgehead atoms. The smallest absolute Gasteiger partial charge is 0.129 e. The summed E-state index contributed by atoms with van der Waals surface area (Å²) in [7, 11) is 0. The van der Waals surface area contributed by atoms with Gasteiger partial charge in [0.05, 0.1) is 0 Å². The molecule has 0 spiro atoms. The van der Waals surface area contributed by atoms with E-state index in [1.54, 1.807) is 0 Å². The second kappa shape index (κ2) is 8.06. The minimum absolute atomic E-state index is 0.755. The van der Waals surface area contributed by atoms with E-state index in [9.17, 15) is 0 Å². The van der Waals surface area contributed by atoms with Crippen molar-refractivity contribution < 1.29 is 0 Å². The van der Waals surface area contributed by atoms with Crippen LogP contribution in [0, 0.1) is 12.8 Å². The number of nitrogens with one attached hydrogen (secondary N) is 1. The van der Waals surface area contributed by atoms with E-state index in [0.717, 1.165) is 36.2 Å². The van der Waals surface area contributed by atoms with Crippen LogP contribution < -0.4 is 5.32 Å². The Labute approximate surface area is 111 Å². The first-order chi connectivity index (χ1) is 8.69. The van der Waals surface area contributed by atoms with Crippen LogP contribution in [0.5, 0.6) is 0 Å². The first-order valence-corrected chi connectivity index (χ1v) is 7.27. The first kappa shape index (κ1) is 14.9. The highest BCUT2D eigenvalue weighted by molar-refractivity contribution is 5.36. The van der Waals surface area contributed by atoms with Crippen molar-refractivity contribution in [3.63, 3.8) is 0 Å². The molecule has 0 aliphatic heterocycles. The van der Waals surface area contributed by atoms with Crippen LogP contribution in [-0.4, -0.2) is 16.5 Å². The lowest BCUT2D eigenvalue weighted by atomic mass is 9.99. The molecule has 0 saturated carbocycles. The lowest BCUT2D eigenvalue weighted by Crippen LogP contribution is -2.15. The molecular weight excluding hydrogens is 222 g/mol. The van der Waals surface area contributed by atoms with Crippen LogP contribution in [0.1, 0.15) is 58.0 Å². The molecule has 18 heavy (non-hydrogen) atoms. The zero-order valence-corrected chi connectivity index (χ0v) is 12.3. The monoisotopic (exact) mass is 249 g/mol. The average molecular weight is 249 g/mol. The molecule has 0 saturated heterocycles. The molecule has 102 valence electrons. The number of unbranched alkanes of at least 4 members (excludes halogenated alkanes) is 1. The van der Waals surface area contributed by atoms with Crippen LogP contribution in [0.3, 0.4) is 0 Å². The van der Waals surface area contributed by atoms with Gasteiger partial charge in [-0.05, 0) is 25.7 Å². The lowest BCUT2D eigenvalue weighted by molar-refractivity contribution is 0.472. The fourth-order valence-electron chi connectivity index (χ4n) is 2.09. The van der Waals surface area contributed by atoms with Crippen LogP contribution in [0.4, 0.5) is 5.82 Å². The summed E-state index contributed by atoms with van der Waals surface area (Å²) in [5.74, 6) is 2.60. The summed E-state index contributed by atoms with van der Waals surface area (Å²) >= 11 is 0. The van der Waals surface area contributed by atoms with E-state index in [-0.39, 0.29) is 0 Å². The predicted octanol–water partition coefficient (Wildman–Crippen LogP) is 3.98. The van der Waals surface area contributed by atoms with E-state index >= 15 is 0 Å². The van der Waals surface area contributed by atoms with Crippen LogP contribution >= 0.6 is 0 Å². The number of rotatable bonds is 8. The van der Waals surface area contributed by atoms with Gasteiger partial charge in [-0.1, -0.05) is 40.0 Å². The third kappa shape index (κ3) is 5.03. The summed E-state index contributed by atoms with van der Waals surface area (Å²) in [4.78, 5) is 8.84. The second-order valence-corrected chi connectivity index (χ2v) is 4.94. The SMILES string of the molecule is CCCCC(CC)CNc1cc(CC)nc(C)n1. The fraction of sp³-hybridized carbons (Fsp3) is 0.733. The molecule has 1 N–H and O–H groups in total. The number of hydrogen-bond donors (Lipinski definition) is 1. The molecule has 0 fully saturated rings. The molecule has 1 heterocycles. The Balaban J connectivity index is 2.53. The summed E-state index contributed by atoms with van der Waals surface area (Å²) in [5, 5.41) is 3.47. The molecule has 1 aromatic heterocycles. The molecule has 1 aromatic rings. The Kier molecular flexibility index (Phi) is 6.69. The van der Waals surface area contributed by atoms with Crippen molar-refractivity contribution in [3.05, 3.63) is 17.6 Å². The lowest BCUT2D eigenvalue weighted by Gasteiger charge is -2.16. The summed E-state index contributed by atoms with van der Waals surface area (Å²) < 4.78 is 0. The molecular formula is C15H27N3. The van der Waals surface area contributed by atoms with Gasteiger partial charge in [0.25, 0.3) is 0 Å². The standard InChI is InChI=1S/C15H27N3/c1-5-8-9-13(6-2)11-16-15-10-14(7-3)17-12(4)18-15/h10,13H,5-9,11H2,1-4H3,(H,16,17,18). The zero-order chi connectivity index (χ0) is 13.4. The Bertz CT molecular complexity index is 350. The van der Waals surface area contributed by atoms with Crippen LogP contribution in [0.2, 0.25) is 0 Å². The highest BCUT2D eigenvalue weighted by Crippen LogP contribution is 2.14. The van der Waals surface area contributed by atoms with E-state index in [4.69, 9.17) is 0 Å². The van der Waals surface area contributed by atoms with Gasteiger partial charge in [0.2, 0.25) is 0 Å². The third-order valence-electron chi connectivity index (χ3n) is 3.37. The predicted molar refractivity (Wildman–Crippen MR) is 77.9 cm³/mol. The second-order valence-electron chi connectivity index (χ2n) is 4.94. The largest absolute Gasteiger partial charge is 0.370 e. The molecule has 1 atom stereocenters. The number of anilines is 1. The molecule has 0 aliphatic carbocycles. The first-order valence-electron chi connectivity index (χ1n) is 7.27. The van der Waals surface area contributed by atoms with E-state index in [2.05, 4.69) is 42.1 Å². The Morgan fingerprint density at radius 2 is 2.00 bits per heavy atom. The minimum atomic E-state index is 0.755. The van der Waals surface area contributed by atoms with Gasteiger partial charge in [-0.25, -0.2) is 9.97 Å². The van der Waals surface area contributed by atoms with E-state index in [0.29, 0.717) is 0 Å². The molecule has 0 radical (unpaired) electrons. The Hall–Kier alpha value is -1.12. The molecule has 0 aliphatic rings.